The maximum absolute atomic E-state index is 8.63. The normalized spacial score (nSPS) is 10.4. The molecule has 0 aliphatic heterocycles. The van der Waals surface area contributed by atoms with E-state index < -0.39 is 0 Å². The minimum absolute atomic E-state index is 0.125. The Morgan fingerprint density at radius 1 is 1.27 bits per heavy atom. The fourth-order valence-corrected chi connectivity index (χ4v) is 1.02. The maximum atomic E-state index is 8.63. The Morgan fingerprint density at radius 2 is 2.09 bits per heavy atom. The number of aromatic nitrogens is 2. The molecule has 0 saturated carbocycles. The lowest BCUT2D eigenvalue weighted by atomic mass is 10.7. The van der Waals surface area contributed by atoms with E-state index in [-0.39, 0.29) is 13.2 Å². The van der Waals surface area contributed by atoms with Gasteiger partial charge in [0.1, 0.15) is 13.2 Å². The largest absolute Gasteiger partial charge is 0.394 e. The third kappa shape index (κ3) is 2.03. The Balaban J connectivity index is 2.62. The molecule has 0 aliphatic carbocycles. The van der Waals surface area contributed by atoms with Crippen LogP contribution in [0.25, 0.3) is 0 Å². The van der Waals surface area contributed by atoms with Crippen molar-refractivity contribution in [2.24, 2.45) is 0 Å². The van der Waals surface area contributed by atoms with Crippen LogP contribution in [0.1, 0.15) is 0 Å². The SMILES string of the molecule is OCCn1ccc[n+]1CCO. The summed E-state index contributed by atoms with van der Waals surface area (Å²) >= 11 is 0. The van der Waals surface area contributed by atoms with Crippen LogP contribution in [0, 0.1) is 0 Å². The standard InChI is InChI=1S/C7H13N2O2/c10-6-4-8-2-1-3-9(8)5-7-11/h1-3,10-11H,4-7H2/q+1. The minimum Gasteiger partial charge on any atom is -0.394 e. The van der Waals surface area contributed by atoms with Crippen molar-refractivity contribution in [2.45, 2.75) is 13.1 Å². The van der Waals surface area contributed by atoms with Crippen molar-refractivity contribution < 1.29 is 14.9 Å². The molecular weight excluding hydrogens is 144 g/mol. The summed E-state index contributed by atoms with van der Waals surface area (Å²) in [6.07, 6.45) is 3.73. The highest BCUT2D eigenvalue weighted by atomic mass is 16.3. The predicted octanol–water partition coefficient (Wildman–Crippen LogP) is -1.24. The quantitative estimate of drug-likeness (QED) is 0.537. The number of hydrogen-bond donors (Lipinski definition) is 2. The fraction of sp³-hybridized carbons (Fsp3) is 0.571. The summed E-state index contributed by atoms with van der Waals surface area (Å²) in [7, 11) is 0. The molecule has 1 aromatic rings. The van der Waals surface area contributed by atoms with Gasteiger partial charge in [0.25, 0.3) is 0 Å². The van der Waals surface area contributed by atoms with Gasteiger partial charge in [-0.1, -0.05) is 0 Å². The molecule has 4 heteroatoms. The van der Waals surface area contributed by atoms with E-state index in [1.54, 1.807) is 0 Å². The zero-order valence-electron chi connectivity index (χ0n) is 6.35. The van der Waals surface area contributed by atoms with E-state index in [2.05, 4.69) is 0 Å². The smallest absolute Gasteiger partial charge is 0.195 e. The molecule has 0 radical (unpaired) electrons. The fourth-order valence-electron chi connectivity index (χ4n) is 1.02. The van der Waals surface area contributed by atoms with Gasteiger partial charge < -0.3 is 10.2 Å². The third-order valence-electron chi connectivity index (χ3n) is 1.50. The lowest BCUT2D eigenvalue weighted by molar-refractivity contribution is -0.776. The van der Waals surface area contributed by atoms with Crippen LogP contribution < -0.4 is 4.68 Å². The number of aliphatic hydroxyl groups excluding tert-OH is 2. The molecule has 0 atom stereocenters. The second-order valence-electron chi connectivity index (χ2n) is 2.26. The molecule has 4 nitrogen and oxygen atoms in total. The Bertz CT molecular complexity index is 189. The topological polar surface area (TPSA) is 49.3 Å². The van der Waals surface area contributed by atoms with E-state index in [9.17, 15) is 0 Å². The van der Waals surface area contributed by atoms with Gasteiger partial charge in [-0.05, 0) is 0 Å². The molecule has 0 unspecified atom stereocenters. The summed E-state index contributed by atoms with van der Waals surface area (Å²) < 4.78 is 3.71. The van der Waals surface area contributed by atoms with Crippen molar-refractivity contribution >= 4 is 0 Å². The summed E-state index contributed by atoms with van der Waals surface area (Å²) in [6, 6.07) is 1.88. The van der Waals surface area contributed by atoms with E-state index in [0.717, 1.165) is 0 Å². The van der Waals surface area contributed by atoms with Crippen molar-refractivity contribution in [3.05, 3.63) is 18.5 Å². The van der Waals surface area contributed by atoms with E-state index in [0.29, 0.717) is 13.1 Å². The number of rotatable bonds is 4. The molecule has 0 aromatic carbocycles. The van der Waals surface area contributed by atoms with E-state index in [1.807, 2.05) is 27.8 Å². The molecule has 0 fully saturated rings. The highest BCUT2D eigenvalue weighted by Gasteiger charge is 2.04. The van der Waals surface area contributed by atoms with Crippen molar-refractivity contribution in [1.29, 1.82) is 0 Å². The molecular formula is C7H13N2O2+. The molecule has 11 heavy (non-hydrogen) atoms. The third-order valence-corrected chi connectivity index (χ3v) is 1.50. The highest BCUT2D eigenvalue weighted by Crippen LogP contribution is 1.81. The first-order chi connectivity index (χ1) is 5.38. The lowest BCUT2D eigenvalue weighted by Gasteiger charge is -1.97. The van der Waals surface area contributed by atoms with Crippen LogP contribution in [0.2, 0.25) is 0 Å². The molecule has 2 N–H and O–H groups in total. The molecule has 1 aromatic heterocycles. The summed E-state index contributed by atoms with van der Waals surface area (Å²) in [5.74, 6) is 0. The van der Waals surface area contributed by atoms with Crippen LogP contribution in [-0.2, 0) is 13.1 Å². The average Bonchev–Trinajstić information content (AvgIpc) is 2.39. The Hall–Kier alpha value is -0.870. The van der Waals surface area contributed by atoms with Crippen LogP contribution in [0.5, 0.6) is 0 Å². The molecule has 62 valence electrons. The predicted molar refractivity (Wildman–Crippen MR) is 38.8 cm³/mol. The van der Waals surface area contributed by atoms with Crippen LogP contribution in [0.15, 0.2) is 18.5 Å². The minimum atomic E-state index is 0.125. The Labute approximate surface area is 65.3 Å². The number of nitrogens with zero attached hydrogens (tertiary/aromatic N) is 2. The van der Waals surface area contributed by atoms with E-state index in [4.69, 9.17) is 10.2 Å². The van der Waals surface area contributed by atoms with Crippen molar-refractivity contribution in [3.63, 3.8) is 0 Å². The van der Waals surface area contributed by atoms with Crippen LogP contribution in [0.3, 0.4) is 0 Å². The van der Waals surface area contributed by atoms with Crippen molar-refractivity contribution in [2.75, 3.05) is 13.2 Å². The first-order valence-electron chi connectivity index (χ1n) is 3.65. The van der Waals surface area contributed by atoms with Gasteiger partial charge in [-0.15, -0.1) is 4.68 Å². The molecule has 1 heterocycles. The lowest BCUT2D eigenvalue weighted by Crippen LogP contribution is -2.44. The van der Waals surface area contributed by atoms with Gasteiger partial charge in [0.15, 0.2) is 12.7 Å². The number of hydrogen-bond acceptors (Lipinski definition) is 2. The van der Waals surface area contributed by atoms with Gasteiger partial charge in [-0.3, -0.25) is 0 Å². The Morgan fingerprint density at radius 3 is 2.73 bits per heavy atom. The number of aliphatic hydroxyl groups is 2. The molecule has 0 bridgehead atoms. The van der Waals surface area contributed by atoms with Crippen LogP contribution in [-0.4, -0.2) is 28.1 Å². The van der Waals surface area contributed by atoms with E-state index in [1.165, 1.54) is 0 Å². The van der Waals surface area contributed by atoms with Gasteiger partial charge in [0.2, 0.25) is 0 Å². The summed E-state index contributed by atoms with van der Waals surface area (Å²) in [4.78, 5) is 0. The summed E-state index contributed by atoms with van der Waals surface area (Å²) in [5, 5.41) is 17.3. The van der Waals surface area contributed by atoms with Gasteiger partial charge in [-0.25, -0.2) is 0 Å². The second-order valence-corrected chi connectivity index (χ2v) is 2.26. The molecule has 0 aliphatic rings. The van der Waals surface area contributed by atoms with Gasteiger partial charge in [0, 0.05) is 6.07 Å². The Kier molecular flexibility index (Phi) is 3.07. The second kappa shape index (κ2) is 4.10. The van der Waals surface area contributed by atoms with Gasteiger partial charge in [-0.2, -0.15) is 4.68 Å². The van der Waals surface area contributed by atoms with Gasteiger partial charge >= 0.3 is 0 Å². The van der Waals surface area contributed by atoms with Crippen LogP contribution in [0.4, 0.5) is 0 Å². The molecule has 1 rings (SSSR count). The summed E-state index contributed by atoms with van der Waals surface area (Å²) in [5.41, 5.74) is 0. The van der Waals surface area contributed by atoms with Crippen molar-refractivity contribution in [3.8, 4) is 0 Å². The maximum Gasteiger partial charge on any atom is 0.195 e. The molecule has 0 amide bonds. The highest BCUT2D eigenvalue weighted by molar-refractivity contribution is 4.71. The zero-order chi connectivity index (χ0) is 8.10. The first-order valence-corrected chi connectivity index (χ1v) is 3.65. The summed E-state index contributed by atoms with van der Waals surface area (Å²) in [6.45, 7) is 1.40. The van der Waals surface area contributed by atoms with Crippen LogP contribution >= 0.6 is 0 Å². The van der Waals surface area contributed by atoms with Crippen molar-refractivity contribution in [1.82, 2.24) is 4.68 Å². The molecule has 0 saturated heterocycles. The monoisotopic (exact) mass is 157 g/mol. The van der Waals surface area contributed by atoms with Gasteiger partial charge in [0.05, 0.1) is 12.8 Å². The first kappa shape index (κ1) is 8.23. The molecule has 0 spiro atoms. The van der Waals surface area contributed by atoms with E-state index >= 15 is 0 Å². The average molecular weight is 157 g/mol. The zero-order valence-corrected chi connectivity index (χ0v) is 6.35.